The van der Waals surface area contributed by atoms with Crippen LogP contribution in [0.25, 0.3) is 0 Å². The van der Waals surface area contributed by atoms with E-state index >= 15 is 0 Å². The molecule has 0 saturated heterocycles. The first kappa shape index (κ1) is 37.5. The Kier molecular flexibility index (Phi) is 8.37. The van der Waals surface area contributed by atoms with Crippen LogP contribution in [0.1, 0.15) is 66.2 Å². The second kappa shape index (κ2) is 12.3. The molecule has 8 rings (SSSR count). The van der Waals surface area contributed by atoms with Crippen LogP contribution in [0.5, 0.6) is 0 Å². The quantitative estimate of drug-likeness (QED) is 0.108. The Labute approximate surface area is 317 Å². The number of aldehydes is 1. The van der Waals surface area contributed by atoms with E-state index in [0.29, 0.717) is 24.7 Å². The molecule has 0 radical (unpaired) electrons. The molecule has 0 bridgehead atoms. The molecule has 0 amide bonds. The van der Waals surface area contributed by atoms with Crippen molar-refractivity contribution in [3.63, 3.8) is 0 Å². The van der Waals surface area contributed by atoms with Crippen molar-refractivity contribution in [1.29, 1.82) is 0 Å². The van der Waals surface area contributed by atoms with Gasteiger partial charge in [-0.3, -0.25) is 19.2 Å². The topological polar surface area (TPSA) is 206 Å². The predicted octanol–water partition coefficient (Wildman–Crippen LogP) is 2.19. The number of Topliss-reactive ketones (excluding diaryl/α,β-unsaturated/α-hetero) is 1. The zero-order valence-corrected chi connectivity index (χ0v) is 31.7. The summed E-state index contributed by atoms with van der Waals surface area (Å²) >= 11 is 0. The molecular formula is C41H46O14. The van der Waals surface area contributed by atoms with Crippen LogP contribution >= 0.6 is 0 Å². The van der Waals surface area contributed by atoms with E-state index in [-0.39, 0.29) is 71.8 Å². The molecule has 14 nitrogen and oxygen atoms in total. The maximum Gasteiger partial charge on any atom is 0.338 e. The number of fused-ring (bicyclic) bond motifs is 7. The molecule has 14 heteroatoms. The van der Waals surface area contributed by atoms with Crippen LogP contribution in [0.15, 0.2) is 45.1 Å². The van der Waals surface area contributed by atoms with Crippen LogP contribution in [0, 0.1) is 52.3 Å². The van der Waals surface area contributed by atoms with Gasteiger partial charge in [0.2, 0.25) is 0 Å². The lowest BCUT2D eigenvalue weighted by Gasteiger charge is -2.63. The summed E-state index contributed by atoms with van der Waals surface area (Å²) in [5.41, 5.74) is -2.36. The number of ether oxygens (including phenoxy) is 5. The molecule has 0 aromatic rings. The number of carbonyl (C=O) groups excluding carboxylic acids is 7. The van der Waals surface area contributed by atoms with E-state index < -0.39 is 88.1 Å². The second-order valence-electron chi connectivity index (χ2n) is 17.2. The summed E-state index contributed by atoms with van der Waals surface area (Å²) in [6.07, 6.45) is 1.46. The number of aliphatic hydroxyl groups excluding tert-OH is 1. The van der Waals surface area contributed by atoms with Gasteiger partial charge in [-0.1, -0.05) is 19.4 Å². The minimum absolute atomic E-state index is 0.00998. The monoisotopic (exact) mass is 762 g/mol. The molecule has 0 unspecified atom stereocenters. The number of hydrogen-bond acceptors (Lipinski definition) is 14. The number of ketones is 1. The van der Waals surface area contributed by atoms with Gasteiger partial charge in [0, 0.05) is 34.5 Å². The molecule has 8 aliphatic rings. The highest BCUT2D eigenvalue weighted by Gasteiger charge is 2.84. The molecular weight excluding hydrogens is 716 g/mol. The van der Waals surface area contributed by atoms with Crippen molar-refractivity contribution in [3.8, 4) is 0 Å². The highest BCUT2D eigenvalue weighted by molar-refractivity contribution is 6.09. The van der Waals surface area contributed by atoms with Gasteiger partial charge in [0.1, 0.15) is 36.8 Å². The molecule has 55 heavy (non-hydrogen) atoms. The lowest BCUT2D eigenvalue weighted by Crippen LogP contribution is -2.67. The highest BCUT2D eigenvalue weighted by atomic mass is 16.6. The molecule has 0 aromatic carbocycles. The first-order chi connectivity index (χ1) is 26.0. The number of hydrogen-bond donors (Lipinski definition) is 2. The van der Waals surface area contributed by atoms with Gasteiger partial charge in [0.15, 0.2) is 5.78 Å². The van der Waals surface area contributed by atoms with Crippen molar-refractivity contribution in [2.75, 3.05) is 27.4 Å². The minimum atomic E-state index is -1.56. The van der Waals surface area contributed by atoms with E-state index in [1.807, 2.05) is 6.92 Å². The molecule has 0 aromatic heterocycles. The molecule has 12 atom stereocenters. The van der Waals surface area contributed by atoms with Crippen molar-refractivity contribution in [2.45, 2.75) is 83.5 Å². The average Bonchev–Trinajstić information content (AvgIpc) is 4.08. The molecule has 1 spiro atoms. The summed E-state index contributed by atoms with van der Waals surface area (Å²) in [5.74, 6) is -6.76. The average molecular weight is 763 g/mol. The summed E-state index contributed by atoms with van der Waals surface area (Å²) in [7, 11) is 2.40. The molecule has 1 heterocycles. The molecule has 5 fully saturated rings. The smallest absolute Gasteiger partial charge is 0.338 e. The zero-order chi connectivity index (χ0) is 39.7. The minimum Gasteiger partial charge on any atom is -0.469 e. The number of carbonyl (C=O) groups is 7. The lowest BCUT2D eigenvalue weighted by molar-refractivity contribution is -0.191. The summed E-state index contributed by atoms with van der Waals surface area (Å²) < 4.78 is 27.7. The zero-order valence-electron chi connectivity index (χ0n) is 31.7. The SMILES string of the molecule is COC(=O)CCC(=O)OCC1=C2C[C@H]3[C@](O)(COC(=O)/C=C(\C)C=O)[C@H]4C[C@H]4[C@]3(C)[C@@H]3CC4=C5[C@H](/C(=C(\C)C(=O)OC)C(=O)[C@H](O)[C@@]5(C)[C@@H]5C[C@H]45)[C@]23OC1=O. The van der Waals surface area contributed by atoms with Crippen LogP contribution in [-0.2, 0) is 57.2 Å². The number of allylic oxidation sites excluding steroid dienone is 2. The van der Waals surface area contributed by atoms with Crippen LogP contribution < -0.4 is 0 Å². The fourth-order valence-corrected chi connectivity index (χ4v) is 12.5. The van der Waals surface area contributed by atoms with Crippen molar-refractivity contribution in [2.24, 2.45) is 52.3 Å². The standard InChI is InChI=1S/C41H46O14/c1-17(14-42)9-30(45)54-16-40(50)25-12-24(25)38(3)26(40)13-23-21(15-53-29(44)8-7-28(43)51-5)37(49)55-41(23)27(38)11-20-19-10-22(19)39(4)32(20)33(41)31(34(46)35(39)47)18(2)36(48)52-6/h9,14,19,22,24-27,33,35,47,50H,7-8,10-13,15-16H2,1-6H3/b17-9+,31-18-/t19-,22-,24-,25+,26-,27+,33+,35+,38+,39+,40+,41+/m1/s1. The van der Waals surface area contributed by atoms with Gasteiger partial charge in [-0.05, 0) is 85.3 Å². The fraction of sp³-hybridized carbons (Fsp3) is 0.634. The van der Waals surface area contributed by atoms with Crippen LogP contribution in [0.4, 0.5) is 0 Å². The second-order valence-corrected chi connectivity index (χ2v) is 17.2. The molecule has 1 aliphatic heterocycles. The Morgan fingerprint density at radius 3 is 2.31 bits per heavy atom. The van der Waals surface area contributed by atoms with E-state index in [1.54, 1.807) is 0 Å². The molecule has 7 aliphatic carbocycles. The Hall–Kier alpha value is -4.43. The van der Waals surface area contributed by atoms with E-state index in [1.165, 1.54) is 28.1 Å². The number of esters is 5. The molecule has 2 N–H and O–H groups in total. The fourth-order valence-electron chi connectivity index (χ4n) is 12.5. The van der Waals surface area contributed by atoms with Gasteiger partial charge in [-0.25, -0.2) is 14.4 Å². The van der Waals surface area contributed by atoms with Gasteiger partial charge >= 0.3 is 29.8 Å². The highest BCUT2D eigenvalue weighted by Crippen LogP contribution is 2.83. The Morgan fingerprint density at radius 2 is 1.64 bits per heavy atom. The van der Waals surface area contributed by atoms with Crippen LogP contribution in [-0.4, -0.2) is 96.9 Å². The molecule has 294 valence electrons. The van der Waals surface area contributed by atoms with E-state index in [9.17, 15) is 43.8 Å². The van der Waals surface area contributed by atoms with Crippen molar-refractivity contribution < 1.29 is 67.5 Å². The largest absolute Gasteiger partial charge is 0.469 e. The maximum atomic E-state index is 14.6. The summed E-state index contributed by atoms with van der Waals surface area (Å²) in [5, 5.41) is 24.5. The third-order valence-corrected chi connectivity index (χ3v) is 15.1. The van der Waals surface area contributed by atoms with Gasteiger partial charge in [0.25, 0.3) is 0 Å². The summed E-state index contributed by atoms with van der Waals surface area (Å²) in [4.78, 5) is 90.9. The van der Waals surface area contributed by atoms with E-state index in [4.69, 9.17) is 18.9 Å². The maximum absolute atomic E-state index is 14.6. The van der Waals surface area contributed by atoms with Crippen LogP contribution in [0.3, 0.4) is 0 Å². The summed E-state index contributed by atoms with van der Waals surface area (Å²) in [6, 6.07) is 0. The Balaban J connectivity index is 1.31. The number of methoxy groups -OCH3 is 2. The van der Waals surface area contributed by atoms with Crippen molar-refractivity contribution in [3.05, 3.63) is 45.1 Å². The summed E-state index contributed by atoms with van der Waals surface area (Å²) in [6.45, 7) is 6.00. The molecule has 5 saturated carbocycles. The van der Waals surface area contributed by atoms with Gasteiger partial charge in [0.05, 0.1) is 38.6 Å². The van der Waals surface area contributed by atoms with Crippen molar-refractivity contribution >= 4 is 41.9 Å². The third kappa shape index (κ3) is 4.82. The lowest BCUT2D eigenvalue weighted by atomic mass is 9.42. The first-order valence-electron chi connectivity index (χ1n) is 18.9. The van der Waals surface area contributed by atoms with Crippen molar-refractivity contribution in [1.82, 2.24) is 0 Å². The van der Waals surface area contributed by atoms with Gasteiger partial charge in [-0.2, -0.15) is 0 Å². The first-order valence-corrected chi connectivity index (χ1v) is 18.9. The van der Waals surface area contributed by atoms with E-state index in [2.05, 4.69) is 11.7 Å². The number of aliphatic hydroxyl groups is 2. The Bertz CT molecular complexity index is 2000. The van der Waals surface area contributed by atoms with Gasteiger partial charge in [-0.15, -0.1) is 0 Å². The Morgan fingerprint density at radius 1 is 0.927 bits per heavy atom. The predicted molar refractivity (Wildman–Crippen MR) is 186 cm³/mol. The van der Waals surface area contributed by atoms with Crippen LogP contribution in [0.2, 0.25) is 0 Å². The third-order valence-electron chi connectivity index (χ3n) is 15.1. The van der Waals surface area contributed by atoms with E-state index in [0.717, 1.165) is 23.6 Å². The normalized spacial score (nSPS) is 42.1. The number of rotatable bonds is 10. The van der Waals surface area contributed by atoms with Gasteiger partial charge < -0.3 is 33.9 Å².